The largest absolute Gasteiger partial charge is 0.479 e. The van der Waals surface area contributed by atoms with Crippen LogP contribution in [-0.4, -0.2) is 20.9 Å². The van der Waals surface area contributed by atoms with Crippen LogP contribution in [0.1, 0.15) is 11.6 Å². The van der Waals surface area contributed by atoms with Crippen LogP contribution in [-0.2, 0) is 11.8 Å². The third kappa shape index (κ3) is 2.89. The molecule has 1 aromatic carbocycles. The SMILES string of the molecule is Cn1cc(C(Nc2ccc(Br)cc2)C(=O)O)cn1. The lowest BCUT2D eigenvalue weighted by Gasteiger charge is -2.14. The first-order valence-corrected chi connectivity index (χ1v) is 6.09. The molecule has 0 saturated carbocycles. The number of aliphatic carboxylic acids is 1. The number of aromatic nitrogens is 2. The number of halogens is 1. The maximum Gasteiger partial charge on any atom is 0.330 e. The second-order valence-corrected chi connectivity index (χ2v) is 4.79. The van der Waals surface area contributed by atoms with Gasteiger partial charge >= 0.3 is 5.97 Å². The van der Waals surface area contributed by atoms with E-state index in [4.69, 9.17) is 0 Å². The lowest BCUT2D eigenvalue weighted by Crippen LogP contribution is -2.20. The maximum atomic E-state index is 11.3. The van der Waals surface area contributed by atoms with Crippen molar-refractivity contribution < 1.29 is 9.90 Å². The summed E-state index contributed by atoms with van der Waals surface area (Å²) in [5.41, 5.74) is 1.36. The molecule has 0 aliphatic carbocycles. The summed E-state index contributed by atoms with van der Waals surface area (Å²) in [6.07, 6.45) is 3.23. The summed E-state index contributed by atoms with van der Waals surface area (Å²) in [5.74, 6) is -0.939. The Labute approximate surface area is 113 Å². The third-order valence-electron chi connectivity index (χ3n) is 2.46. The molecule has 5 nitrogen and oxygen atoms in total. The molecule has 1 aromatic heterocycles. The van der Waals surface area contributed by atoms with Crippen molar-refractivity contribution in [3.63, 3.8) is 0 Å². The van der Waals surface area contributed by atoms with E-state index in [1.807, 2.05) is 24.3 Å². The van der Waals surface area contributed by atoms with Gasteiger partial charge in [0.25, 0.3) is 0 Å². The van der Waals surface area contributed by atoms with Gasteiger partial charge in [-0.05, 0) is 24.3 Å². The molecule has 0 aliphatic heterocycles. The number of hydrogen-bond donors (Lipinski definition) is 2. The van der Waals surface area contributed by atoms with Gasteiger partial charge in [0.15, 0.2) is 6.04 Å². The molecular formula is C12H12BrN3O2. The van der Waals surface area contributed by atoms with Crippen LogP contribution in [0.3, 0.4) is 0 Å². The van der Waals surface area contributed by atoms with Crippen molar-refractivity contribution in [1.29, 1.82) is 0 Å². The van der Waals surface area contributed by atoms with Crippen molar-refractivity contribution in [2.75, 3.05) is 5.32 Å². The van der Waals surface area contributed by atoms with Crippen molar-refractivity contribution in [2.24, 2.45) is 7.05 Å². The highest BCUT2D eigenvalue weighted by molar-refractivity contribution is 9.10. The highest BCUT2D eigenvalue weighted by Crippen LogP contribution is 2.21. The Morgan fingerprint density at radius 1 is 1.44 bits per heavy atom. The molecule has 0 fully saturated rings. The van der Waals surface area contributed by atoms with E-state index >= 15 is 0 Å². The molecule has 0 bridgehead atoms. The van der Waals surface area contributed by atoms with E-state index in [0.717, 1.165) is 10.2 Å². The zero-order valence-corrected chi connectivity index (χ0v) is 11.3. The first-order chi connectivity index (χ1) is 8.56. The van der Waals surface area contributed by atoms with Crippen LogP contribution in [0.15, 0.2) is 41.1 Å². The summed E-state index contributed by atoms with van der Waals surface area (Å²) < 4.78 is 2.52. The summed E-state index contributed by atoms with van der Waals surface area (Å²) in [4.78, 5) is 11.3. The van der Waals surface area contributed by atoms with Gasteiger partial charge < -0.3 is 10.4 Å². The van der Waals surface area contributed by atoms with Crippen LogP contribution in [0.5, 0.6) is 0 Å². The fourth-order valence-corrected chi connectivity index (χ4v) is 1.85. The monoisotopic (exact) mass is 309 g/mol. The fourth-order valence-electron chi connectivity index (χ4n) is 1.59. The van der Waals surface area contributed by atoms with E-state index in [2.05, 4.69) is 26.3 Å². The smallest absolute Gasteiger partial charge is 0.330 e. The van der Waals surface area contributed by atoms with E-state index in [-0.39, 0.29) is 0 Å². The van der Waals surface area contributed by atoms with Crippen molar-refractivity contribution >= 4 is 27.6 Å². The molecule has 1 heterocycles. The van der Waals surface area contributed by atoms with Crippen LogP contribution in [0.4, 0.5) is 5.69 Å². The van der Waals surface area contributed by atoms with E-state index in [1.54, 1.807) is 24.1 Å². The van der Waals surface area contributed by atoms with Crippen LogP contribution in [0.25, 0.3) is 0 Å². The van der Waals surface area contributed by atoms with Gasteiger partial charge in [-0.2, -0.15) is 5.10 Å². The van der Waals surface area contributed by atoms with Gasteiger partial charge in [0.05, 0.1) is 6.20 Å². The quantitative estimate of drug-likeness (QED) is 0.910. The predicted molar refractivity (Wildman–Crippen MR) is 71.3 cm³/mol. The Morgan fingerprint density at radius 2 is 2.11 bits per heavy atom. The Bertz CT molecular complexity index is 551. The molecule has 2 aromatic rings. The molecule has 1 unspecified atom stereocenters. The first-order valence-electron chi connectivity index (χ1n) is 5.30. The molecule has 1 atom stereocenters. The minimum atomic E-state index is -0.939. The molecule has 0 spiro atoms. The number of anilines is 1. The zero-order chi connectivity index (χ0) is 13.1. The van der Waals surface area contributed by atoms with Gasteiger partial charge in [0.1, 0.15) is 0 Å². The minimum Gasteiger partial charge on any atom is -0.479 e. The van der Waals surface area contributed by atoms with Gasteiger partial charge in [-0.15, -0.1) is 0 Å². The molecule has 94 valence electrons. The third-order valence-corrected chi connectivity index (χ3v) is 2.99. The first kappa shape index (κ1) is 12.6. The Hall–Kier alpha value is -1.82. The summed E-state index contributed by atoms with van der Waals surface area (Å²) in [5, 5.41) is 16.2. The molecule has 0 aliphatic rings. The lowest BCUT2D eigenvalue weighted by molar-refractivity contribution is -0.138. The minimum absolute atomic E-state index is 0.618. The Balaban J connectivity index is 2.22. The average molecular weight is 310 g/mol. The molecular weight excluding hydrogens is 298 g/mol. The second kappa shape index (κ2) is 5.22. The summed E-state index contributed by atoms with van der Waals surface area (Å²) >= 11 is 3.33. The normalized spacial score (nSPS) is 12.1. The fraction of sp³-hybridized carbons (Fsp3) is 0.167. The van der Waals surface area contributed by atoms with Crippen LogP contribution in [0, 0.1) is 0 Å². The van der Waals surface area contributed by atoms with Gasteiger partial charge in [-0.3, -0.25) is 4.68 Å². The molecule has 0 radical (unpaired) electrons. The van der Waals surface area contributed by atoms with Crippen molar-refractivity contribution in [3.8, 4) is 0 Å². The average Bonchev–Trinajstić information content (AvgIpc) is 2.74. The molecule has 2 N–H and O–H groups in total. The standard InChI is InChI=1S/C12H12BrN3O2/c1-16-7-8(6-14-16)11(12(17)18)15-10-4-2-9(13)3-5-10/h2-7,11,15H,1H3,(H,17,18). The Morgan fingerprint density at radius 3 is 2.61 bits per heavy atom. The van der Waals surface area contributed by atoms with E-state index in [9.17, 15) is 9.90 Å². The molecule has 2 rings (SSSR count). The predicted octanol–water partition coefficient (Wildman–Crippen LogP) is 2.42. The van der Waals surface area contributed by atoms with Crippen LogP contribution < -0.4 is 5.32 Å². The van der Waals surface area contributed by atoms with Crippen LogP contribution in [0.2, 0.25) is 0 Å². The number of benzene rings is 1. The number of carbonyl (C=O) groups is 1. The highest BCUT2D eigenvalue weighted by atomic mass is 79.9. The highest BCUT2D eigenvalue weighted by Gasteiger charge is 2.20. The summed E-state index contributed by atoms with van der Waals surface area (Å²) in [7, 11) is 1.75. The molecule has 18 heavy (non-hydrogen) atoms. The number of carboxylic acids is 1. The van der Waals surface area contributed by atoms with Gasteiger partial charge in [-0.1, -0.05) is 15.9 Å². The van der Waals surface area contributed by atoms with E-state index < -0.39 is 12.0 Å². The second-order valence-electron chi connectivity index (χ2n) is 3.87. The van der Waals surface area contributed by atoms with Gasteiger partial charge in [-0.25, -0.2) is 4.79 Å². The van der Waals surface area contributed by atoms with Crippen molar-refractivity contribution in [3.05, 3.63) is 46.7 Å². The van der Waals surface area contributed by atoms with Crippen molar-refractivity contribution in [2.45, 2.75) is 6.04 Å². The van der Waals surface area contributed by atoms with Crippen LogP contribution >= 0.6 is 15.9 Å². The number of nitrogens with zero attached hydrogens (tertiary/aromatic N) is 2. The molecule has 6 heteroatoms. The maximum absolute atomic E-state index is 11.3. The van der Waals surface area contributed by atoms with E-state index in [1.165, 1.54) is 0 Å². The number of aryl methyl sites for hydroxylation is 1. The Kier molecular flexibility index (Phi) is 3.66. The molecule has 0 saturated heterocycles. The van der Waals surface area contributed by atoms with E-state index in [0.29, 0.717) is 5.56 Å². The number of carboxylic acid groups (broad SMARTS) is 1. The number of hydrogen-bond acceptors (Lipinski definition) is 3. The van der Waals surface area contributed by atoms with Gasteiger partial charge in [0, 0.05) is 29.0 Å². The topological polar surface area (TPSA) is 67.2 Å². The summed E-state index contributed by atoms with van der Waals surface area (Å²) in [6.45, 7) is 0. The molecule has 0 amide bonds. The number of nitrogens with one attached hydrogen (secondary N) is 1. The number of rotatable bonds is 4. The van der Waals surface area contributed by atoms with Gasteiger partial charge in [0.2, 0.25) is 0 Å². The summed E-state index contributed by atoms with van der Waals surface area (Å²) in [6, 6.07) is 6.53. The van der Waals surface area contributed by atoms with Crippen molar-refractivity contribution in [1.82, 2.24) is 9.78 Å². The zero-order valence-electron chi connectivity index (χ0n) is 9.67. The lowest BCUT2D eigenvalue weighted by atomic mass is 10.1.